The van der Waals surface area contributed by atoms with Crippen molar-refractivity contribution in [1.82, 2.24) is 4.72 Å². The molecule has 0 amide bonds. The normalized spacial score (nSPS) is 13.6. The second-order valence-corrected chi connectivity index (χ2v) is 8.31. The zero-order chi connectivity index (χ0) is 13.8. The lowest BCUT2D eigenvalue weighted by Gasteiger charge is -2.12. The summed E-state index contributed by atoms with van der Waals surface area (Å²) in [4.78, 5) is 0.253. The summed E-state index contributed by atoms with van der Waals surface area (Å²) in [5, 5.41) is 0.872. The van der Waals surface area contributed by atoms with Crippen LogP contribution in [0.15, 0.2) is 32.0 Å². The molecule has 0 spiro atoms. The molecule has 0 radical (unpaired) electrons. The lowest BCUT2D eigenvalue weighted by atomic mass is 10.1. The van der Waals surface area contributed by atoms with Gasteiger partial charge in [-0.25, -0.2) is 13.1 Å². The Bertz CT molecular complexity index is 505. The van der Waals surface area contributed by atoms with Crippen molar-refractivity contribution in [2.45, 2.75) is 18.2 Å². The van der Waals surface area contributed by atoms with Crippen molar-refractivity contribution < 1.29 is 8.42 Å². The molecule has 1 rings (SSSR count). The van der Waals surface area contributed by atoms with Gasteiger partial charge in [0.15, 0.2) is 0 Å². The van der Waals surface area contributed by atoms with Crippen LogP contribution < -0.4 is 4.72 Å². The number of halogens is 3. The molecule has 18 heavy (non-hydrogen) atoms. The van der Waals surface area contributed by atoms with E-state index in [-0.39, 0.29) is 4.90 Å². The van der Waals surface area contributed by atoms with E-state index in [1.165, 1.54) is 0 Å². The Balaban J connectivity index is 2.83. The third-order valence-electron chi connectivity index (χ3n) is 2.41. The van der Waals surface area contributed by atoms with E-state index in [0.29, 0.717) is 16.9 Å². The molecule has 1 N–H and O–H groups in total. The predicted octanol–water partition coefficient (Wildman–Crippen LogP) is 3.91. The minimum absolute atomic E-state index is 0.253. The van der Waals surface area contributed by atoms with Gasteiger partial charge < -0.3 is 0 Å². The fraction of sp³-hybridized carbons (Fsp3) is 0.455. The van der Waals surface area contributed by atoms with Crippen LogP contribution in [0, 0.1) is 5.92 Å². The quantitative estimate of drug-likeness (QED) is 0.650. The molecule has 0 aromatic heterocycles. The van der Waals surface area contributed by atoms with E-state index in [0.717, 1.165) is 16.2 Å². The molecule has 0 saturated heterocycles. The largest absolute Gasteiger partial charge is 0.241 e. The Morgan fingerprint density at radius 3 is 2.61 bits per heavy atom. The lowest BCUT2D eigenvalue weighted by Crippen LogP contribution is -2.28. The van der Waals surface area contributed by atoms with Crippen molar-refractivity contribution in [3.8, 4) is 0 Å². The summed E-state index contributed by atoms with van der Waals surface area (Å²) in [6.45, 7) is 2.45. The Hall–Kier alpha value is 0.570. The standard InChI is InChI=1S/C11H14Br3NO2S/c1-8(4-5-12)7-15-18(16,17)11-6-9(13)2-3-10(11)14/h2-3,6,8,15H,4-5,7H2,1H3. The molecule has 0 aliphatic carbocycles. The zero-order valence-corrected chi connectivity index (χ0v) is 15.4. The molecule has 0 saturated carbocycles. The number of hydrogen-bond acceptors (Lipinski definition) is 2. The summed E-state index contributed by atoms with van der Waals surface area (Å²) in [5.74, 6) is 0.296. The summed E-state index contributed by atoms with van der Waals surface area (Å²) in [6, 6.07) is 5.08. The van der Waals surface area contributed by atoms with E-state index in [9.17, 15) is 8.42 Å². The summed E-state index contributed by atoms with van der Waals surface area (Å²) in [7, 11) is -3.47. The topological polar surface area (TPSA) is 46.2 Å². The predicted molar refractivity (Wildman–Crippen MR) is 84.6 cm³/mol. The van der Waals surface area contributed by atoms with Gasteiger partial charge in [0.1, 0.15) is 0 Å². The highest BCUT2D eigenvalue weighted by molar-refractivity contribution is 9.11. The number of rotatable bonds is 6. The van der Waals surface area contributed by atoms with Gasteiger partial charge in [-0.1, -0.05) is 38.8 Å². The van der Waals surface area contributed by atoms with Gasteiger partial charge in [0.2, 0.25) is 10.0 Å². The SMILES string of the molecule is CC(CCBr)CNS(=O)(=O)c1cc(Br)ccc1Br. The first-order valence-electron chi connectivity index (χ1n) is 5.37. The summed E-state index contributed by atoms with van der Waals surface area (Å²) >= 11 is 9.88. The van der Waals surface area contributed by atoms with Gasteiger partial charge >= 0.3 is 0 Å². The molecule has 1 aromatic rings. The van der Waals surface area contributed by atoms with Crippen LogP contribution in [0.4, 0.5) is 0 Å². The molecular weight excluding hydrogens is 450 g/mol. The van der Waals surface area contributed by atoms with Gasteiger partial charge in [-0.2, -0.15) is 0 Å². The molecule has 0 fully saturated rings. The Labute approximate surface area is 133 Å². The lowest BCUT2D eigenvalue weighted by molar-refractivity contribution is 0.531. The summed E-state index contributed by atoms with van der Waals surface area (Å²) in [5.41, 5.74) is 0. The third-order valence-corrected chi connectivity index (χ3v) is 5.78. The number of benzene rings is 1. The number of hydrogen-bond donors (Lipinski definition) is 1. The van der Waals surface area contributed by atoms with Crippen LogP contribution in [0.5, 0.6) is 0 Å². The maximum Gasteiger partial charge on any atom is 0.241 e. The van der Waals surface area contributed by atoms with Crippen LogP contribution in [-0.2, 0) is 10.0 Å². The molecule has 0 bridgehead atoms. The molecule has 7 heteroatoms. The highest BCUT2D eigenvalue weighted by atomic mass is 79.9. The smallest absolute Gasteiger partial charge is 0.211 e. The Morgan fingerprint density at radius 2 is 2.00 bits per heavy atom. The number of sulfonamides is 1. The van der Waals surface area contributed by atoms with Crippen molar-refractivity contribution in [3.05, 3.63) is 27.1 Å². The van der Waals surface area contributed by atoms with Crippen molar-refractivity contribution >= 4 is 57.8 Å². The Morgan fingerprint density at radius 1 is 1.33 bits per heavy atom. The monoisotopic (exact) mass is 461 g/mol. The average Bonchev–Trinajstić information content (AvgIpc) is 2.30. The molecule has 0 aliphatic heterocycles. The highest BCUT2D eigenvalue weighted by Gasteiger charge is 2.18. The van der Waals surface area contributed by atoms with Crippen LogP contribution in [0.3, 0.4) is 0 Å². The number of alkyl halides is 1. The number of nitrogens with one attached hydrogen (secondary N) is 1. The van der Waals surface area contributed by atoms with E-state index in [4.69, 9.17) is 0 Å². The maximum atomic E-state index is 12.1. The summed E-state index contributed by atoms with van der Waals surface area (Å²) in [6.07, 6.45) is 0.933. The first-order chi connectivity index (χ1) is 8.36. The first kappa shape index (κ1) is 16.6. The second kappa shape index (κ2) is 7.38. The van der Waals surface area contributed by atoms with E-state index in [1.54, 1.807) is 18.2 Å². The first-order valence-corrected chi connectivity index (χ1v) is 9.56. The maximum absolute atomic E-state index is 12.1. The van der Waals surface area contributed by atoms with Gasteiger partial charge in [0, 0.05) is 20.8 Å². The van der Waals surface area contributed by atoms with Gasteiger partial charge in [0.25, 0.3) is 0 Å². The van der Waals surface area contributed by atoms with Crippen LogP contribution in [0.2, 0.25) is 0 Å². The molecule has 0 aliphatic rings. The van der Waals surface area contributed by atoms with Crippen molar-refractivity contribution in [1.29, 1.82) is 0 Å². The van der Waals surface area contributed by atoms with Crippen molar-refractivity contribution in [2.75, 3.05) is 11.9 Å². The van der Waals surface area contributed by atoms with Crippen LogP contribution >= 0.6 is 47.8 Å². The third kappa shape index (κ3) is 4.92. The molecule has 102 valence electrons. The van der Waals surface area contributed by atoms with Gasteiger partial charge in [-0.3, -0.25) is 0 Å². The average molecular weight is 464 g/mol. The second-order valence-electron chi connectivity index (χ2n) is 4.01. The van der Waals surface area contributed by atoms with E-state index in [1.807, 2.05) is 6.92 Å². The van der Waals surface area contributed by atoms with Crippen LogP contribution in [-0.4, -0.2) is 20.3 Å². The minimum atomic E-state index is -3.47. The fourth-order valence-corrected chi connectivity index (χ4v) is 4.75. The highest BCUT2D eigenvalue weighted by Crippen LogP contribution is 2.25. The fourth-order valence-electron chi connectivity index (χ4n) is 1.30. The molecule has 0 heterocycles. The van der Waals surface area contributed by atoms with E-state index >= 15 is 0 Å². The summed E-state index contributed by atoms with van der Waals surface area (Å²) < 4.78 is 28.2. The molecule has 1 aromatic carbocycles. The molecule has 3 nitrogen and oxygen atoms in total. The minimum Gasteiger partial charge on any atom is -0.211 e. The van der Waals surface area contributed by atoms with Gasteiger partial charge in [-0.05, 0) is 46.5 Å². The van der Waals surface area contributed by atoms with E-state index in [2.05, 4.69) is 52.5 Å². The van der Waals surface area contributed by atoms with E-state index < -0.39 is 10.0 Å². The zero-order valence-electron chi connectivity index (χ0n) is 9.79. The van der Waals surface area contributed by atoms with Crippen LogP contribution in [0.1, 0.15) is 13.3 Å². The van der Waals surface area contributed by atoms with Crippen molar-refractivity contribution in [2.24, 2.45) is 5.92 Å². The molecule has 1 atom stereocenters. The van der Waals surface area contributed by atoms with Crippen LogP contribution in [0.25, 0.3) is 0 Å². The van der Waals surface area contributed by atoms with Gasteiger partial charge in [-0.15, -0.1) is 0 Å². The molecule has 1 unspecified atom stereocenters. The van der Waals surface area contributed by atoms with Gasteiger partial charge in [0.05, 0.1) is 4.90 Å². The molecular formula is C11H14Br3NO2S. The Kier molecular flexibility index (Phi) is 6.81. The van der Waals surface area contributed by atoms with Crippen molar-refractivity contribution in [3.63, 3.8) is 0 Å².